The smallest absolute Gasteiger partial charge is 0.244 e. The molecule has 2 fully saturated rings. The highest BCUT2D eigenvalue weighted by molar-refractivity contribution is 7.89. The molecule has 0 aliphatic carbocycles. The van der Waals surface area contributed by atoms with Crippen LogP contribution < -0.4 is 5.32 Å². The lowest BCUT2D eigenvalue weighted by Crippen LogP contribution is -2.35. The molecule has 0 atom stereocenters. The maximum atomic E-state index is 12.7. The molecule has 29 heavy (non-hydrogen) atoms. The Bertz CT molecular complexity index is 885. The summed E-state index contributed by atoms with van der Waals surface area (Å²) >= 11 is 0. The van der Waals surface area contributed by atoms with Gasteiger partial charge in [-0.15, -0.1) is 0 Å². The highest BCUT2D eigenvalue weighted by Gasteiger charge is 2.26. The lowest BCUT2D eigenvalue weighted by atomic mass is 10.1. The van der Waals surface area contributed by atoms with Gasteiger partial charge in [0.2, 0.25) is 10.0 Å². The van der Waals surface area contributed by atoms with Gasteiger partial charge in [0, 0.05) is 32.4 Å². The number of rotatable bonds is 7. The fourth-order valence-electron chi connectivity index (χ4n) is 4.05. The number of sulfonamides is 1. The molecule has 1 N–H and O–H groups in total. The Balaban J connectivity index is 1.32. The van der Waals surface area contributed by atoms with Crippen LogP contribution >= 0.6 is 0 Å². The first-order valence-corrected chi connectivity index (χ1v) is 12.1. The van der Waals surface area contributed by atoms with Crippen molar-refractivity contribution in [1.29, 1.82) is 0 Å². The van der Waals surface area contributed by atoms with Crippen LogP contribution in [-0.4, -0.2) is 48.8 Å². The van der Waals surface area contributed by atoms with Crippen LogP contribution in [0.5, 0.6) is 0 Å². The van der Waals surface area contributed by atoms with E-state index in [1.54, 1.807) is 16.4 Å². The maximum absolute atomic E-state index is 12.7. The highest BCUT2D eigenvalue weighted by atomic mass is 32.2. The van der Waals surface area contributed by atoms with E-state index in [0.717, 1.165) is 25.8 Å². The van der Waals surface area contributed by atoms with Crippen molar-refractivity contribution in [2.45, 2.75) is 50.1 Å². The van der Waals surface area contributed by atoms with Crippen molar-refractivity contribution in [1.82, 2.24) is 14.2 Å². The van der Waals surface area contributed by atoms with Crippen LogP contribution in [0.1, 0.15) is 43.2 Å². The molecule has 2 aliphatic heterocycles. The van der Waals surface area contributed by atoms with E-state index < -0.39 is 10.0 Å². The van der Waals surface area contributed by atoms with E-state index in [4.69, 9.17) is 0 Å². The summed E-state index contributed by atoms with van der Waals surface area (Å²) in [6.07, 6.45) is 7.06. The topological polar surface area (TPSA) is 65.5 Å². The summed E-state index contributed by atoms with van der Waals surface area (Å²) in [6, 6.07) is 12.1. The molecular weight excluding hydrogens is 384 g/mol. The summed E-state index contributed by atoms with van der Waals surface area (Å²) in [7, 11) is -3.42. The van der Waals surface area contributed by atoms with Crippen molar-refractivity contribution < 1.29 is 8.42 Å². The van der Waals surface area contributed by atoms with Crippen molar-refractivity contribution in [3.63, 3.8) is 0 Å². The van der Waals surface area contributed by atoms with Crippen LogP contribution in [0.25, 0.3) is 0 Å². The second-order valence-corrected chi connectivity index (χ2v) is 9.94. The van der Waals surface area contributed by atoms with Gasteiger partial charge < -0.3 is 5.32 Å². The summed E-state index contributed by atoms with van der Waals surface area (Å²) in [6.45, 7) is 5.32. The van der Waals surface area contributed by atoms with Crippen LogP contribution in [0.3, 0.4) is 0 Å². The number of hydrogen-bond donors (Lipinski definition) is 1. The molecule has 0 radical (unpaired) electrons. The Morgan fingerprint density at radius 1 is 0.828 bits per heavy atom. The van der Waals surface area contributed by atoms with E-state index in [-0.39, 0.29) is 4.90 Å². The molecule has 2 aromatic rings. The van der Waals surface area contributed by atoms with Crippen LogP contribution in [0.15, 0.2) is 47.5 Å². The molecule has 4 rings (SSSR count). The predicted molar refractivity (Wildman–Crippen MR) is 115 cm³/mol. The molecule has 0 unspecified atom stereocenters. The van der Waals surface area contributed by atoms with Gasteiger partial charge in [-0.25, -0.2) is 13.4 Å². The van der Waals surface area contributed by atoms with E-state index >= 15 is 0 Å². The number of nitrogens with zero attached hydrogens (tertiary/aromatic N) is 3. The van der Waals surface area contributed by atoms with Gasteiger partial charge in [-0.3, -0.25) is 4.90 Å². The average molecular weight is 415 g/mol. The maximum Gasteiger partial charge on any atom is 0.244 e. The summed E-state index contributed by atoms with van der Waals surface area (Å²) in [5.74, 6) is 0.684. The first-order chi connectivity index (χ1) is 14.1. The van der Waals surface area contributed by atoms with Gasteiger partial charge in [0.15, 0.2) is 0 Å². The summed E-state index contributed by atoms with van der Waals surface area (Å²) < 4.78 is 27.0. The number of piperidine rings is 1. The summed E-state index contributed by atoms with van der Waals surface area (Å²) in [5, 5.41) is 3.28. The van der Waals surface area contributed by atoms with Gasteiger partial charge in [0.25, 0.3) is 0 Å². The second kappa shape index (κ2) is 9.24. The molecule has 0 bridgehead atoms. The monoisotopic (exact) mass is 414 g/mol. The first kappa shape index (κ1) is 20.3. The van der Waals surface area contributed by atoms with Crippen molar-refractivity contribution in [3.8, 4) is 0 Å². The van der Waals surface area contributed by atoms with E-state index in [1.807, 2.05) is 0 Å². The molecule has 0 amide bonds. The predicted octanol–water partition coefficient (Wildman–Crippen LogP) is 3.46. The fraction of sp³-hybridized carbons (Fsp3) is 0.500. The Labute approximate surface area is 174 Å². The van der Waals surface area contributed by atoms with Gasteiger partial charge in [-0.1, -0.05) is 30.7 Å². The third kappa shape index (κ3) is 5.15. The quantitative estimate of drug-likeness (QED) is 0.752. The largest absolute Gasteiger partial charge is 0.366 e. The van der Waals surface area contributed by atoms with E-state index in [2.05, 4.69) is 39.5 Å². The number of nitrogens with one attached hydrogen (secondary N) is 1. The number of anilines is 1. The number of pyridine rings is 1. The zero-order chi connectivity index (χ0) is 20.1. The minimum absolute atomic E-state index is 0.274. The zero-order valence-corrected chi connectivity index (χ0v) is 17.7. The van der Waals surface area contributed by atoms with E-state index in [9.17, 15) is 8.42 Å². The Morgan fingerprint density at radius 3 is 2.14 bits per heavy atom. The van der Waals surface area contributed by atoms with Crippen molar-refractivity contribution in [2.75, 3.05) is 31.5 Å². The molecule has 0 saturated carbocycles. The molecule has 2 saturated heterocycles. The molecular formula is C22H30N4O2S. The van der Waals surface area contributed by atoms with Gasteiger partial charge in [0.1, 0.15) is 10.7 Å². The minimum atomic E-state index is -3.42. The van der Waals surface area contributed by atoms with Gasteiger partial charge in [-0.05, 0) is 62.0 Å². The number of hydrogen-bond acceptors (Lipinski definition) is 5. The molecule has 2 aliphatic rings. The Morgan fingerprint density at radius 2 is 1.48 bits per heavy atom. The Kier molecular flexibility index (Phi) is 6.47. The third-order valence-corrected chi connectivity index (χ3v) is 7.67. The molecule has 3 heterocycles. The molecule has 1 aromatic heterocycles. The Hall–Kier alpha value is -1.96. The lowest BCUT2D eigenvalue weighted by Gasteiger charge is -2.25. The SMILES string of the molecule is O=S(=O)(c1ccc(NCc2ccc(CN3CCCC3)cc2)nc1)N1CCCCC1. The highest BCUT2D eigenvalue weighted by Crippen LogP contribution is 2.21. The molecule has 1 aromatic carbocycles. The third-order valence-electron chi connectivity index (χ3n) is 5.79. The van der Waals surface area contributed by atoms with E-state index in [1.165, 1.54) is 43.3 Å². The first-order valence-electron chi connectivity index (χ1n) is 10.6. The van der Waals surface area contributed by atoms with Crippen molar-refractivity contribution in [3.05, 3.63) is 53.7 Å². The minimum Gasteiger partial charge on any atom is -0.366 e. The van der Waals surface area contributed by atoms with Crippen LogP contribution in [-0.2, 0) is 23.1 Å². The molecule has 0 spiro atoms. The van der Waals surface area contributed by atoms with Crippen LogP contribution in [0.4, 0.5) is 5.82 Å². The molecule has 6 nitrogen and oxygen atoms in total. The van der Waals surface area contributed by atoms with Crippen molar-refractivity contribution in [2.24, 2.45) is 0 Å². The van der Waals surface area contributed by atoms with Crippen molar-refractivity contribution >= 4 is 15.8 Å². The zero-order valence-electron chi connectivity index (χ0n) is 16.9. The van der Waals surface area contributed by atoms with Crippen LogP contribution in [0.2, 0.25) is 0 Å². The van der Waals surface area contributed by atoms with Crippen LogP contribution in [0, 0.1) is 0 Å². The van der Waals surface area contributed by atoms with Gasteiger partial charge in [0.05, 0.1) is 0 Å². The summed E-state index contributed by atoms with van der Waals surface area (Å²) in [5.41, 5.74) is 2.53. The molecule has 156 valence electrons. The lowest BCUT2D eigenvalue weighted by molar-refractivity contribution is 0.331. The van der Waals surface area contributed by atoms with Gasteiger partial charge >= 0.3 is 0 Å². The summed E-state index contributed by atoms with van der Waals surface area (Å²) in [4.78, 5) is 7.09. The molecule has 7 heteroatoms. The number of aromatic nitrogens is 1. The normalized spacial score (nSPS) is 18.8. The average Bonchev–Trinajstić information content (AvgIpc) is 3.27. The van der Waals surface area contributed by atoms with Gasteiger partial charge in [-0.2, -0.15) is 4.31 Å². The second-order valence-electron chi connectivity index (χ2n) is 8.00. The fourth-order valence-corrected chi connectivity index (χ4v) is 5.51. The van der Waals surface area contributed by atoms with E-state index in [0.29, 0.717) is 25.5 Å². The number of likely N-dealkylation sites (tertiary alicyclic amines) is 1. The number of benzene rings is 1. The standard InChI is InChI=1S/C22H30N4O2S/c27-29(28,26-14-2-1-3-15-26)21-10-11-22(24-17-21)23-16-19-6-8-20(9-7-19)18-25-12-4-5-13-25/h6-11,17H,1-5,12-16,18H2,(H,23,24).